The van der Waals surface area contributed by atoms with Gasteiger partial charge >= 0.3 is 0 Å². The number of thioether (sulfide) groups is 1. The van der Waals surface area contributed by atoms with Gasteiger partial charge in [-0.25, -0.2) is 0 Å². The SMILES string of the molecule is CCCNC(Cc1ccc(I)cc1)c1ccc(SC)cc1. The van der Waals surface area contributed by atoms with E-state index >= 15 is 0 Å². The third-order valence-electron chi connectivity index (χ3n) is 3.51. The Morgan fingerprint density at radius 3 is 2.29 bits per heavy atom. The molecule has 0 aliphatic heterocycles. The van der Waals surface area contributed by atoms with E-state index in [0.717, 1.165) is 19.4 Å². The fourth-order valence-electron chi connectivity index (χ4n) is 2.32. The lowest BCUT2D eigenvalue weighted by Gasteiger charge is -2.19. The standard InChI is InChI=1S/C18H22INS/c1-3-12-20-18(13-14-4-8-16(19)9-5-14)15-6-10-17(21-2)11-7-15/h4-11,18,20H,3,12-13H2,1-2H3. The first-order chi connectivity index (χ1) is 10.2. The van der Waals surface area contributed by atoms with Crippen molar-refractivity contribution < 1.29 is 0 Å². The molecule has 1 N–H and O–H groups in total. The summed E-state index contributed by atoms with van der Waals surface area (Å²) in [7, 11) is 0. The van der Waals surface area contributed by atoms with Gasteiger partial charge in [0.25, 0.3) is 0 Å². The van der Waals surface area contributed by atoms with Crippen LogP contribution in [0.4, 0.5) is 0 Å². The lowest BCUT2D eigenvalue weighted by Crippen LogP contribution is -2.24. The van der Waals surface area contributed by atoms with E-state index in [-0.39, 0.29) is 0 Å². The Morgan fingerprint density at radius 1 is 1.05 bits per heavy atom. The van der Waals surface area contributed by atoms with E-state index in [2.05, 4.69) is 89.6 Å². The van der Waals surface area contributed by atoms with Gasteiger partial charge in [-0.3, -0.25) is 0 Å². The molecule has 0 aliphatic rings. The van der Waals surface area contributed by atoms with Crippen LogP contribution in [-0.2, 0) is 6.42 Å². The van der Waals surface area contributed by atoms with Gasteiger partial charge in [0.15, 0.2) is 0 Å². The smallest absolute Gasteiger partial charge is 0.0360 e. The highest BCUT2D eigenvalue weighted by molar-refractivity contribution is 14.1. The molecule has 3 heteroatoms. The van der Waals surface area contributed by atoms with Crippen LogP contribution in [-0.4, -0.2) is 12.8 Å². The second-order valence-corrected chi connectivity index (χ2v) is 7.24. The maximum Gasteiger partial charge on any atom is 0.0360 e. The molecular formula is C18H22INS. The minimum absolute atomic E-state index is 0.390. The zero-order chi connectivity index (χ0) is 15.1. The van der Waals surface area contributed by atoms with Crippen LogP contribution in [0, 0.1) is 3.57 Å². The zero-order valence-electron chi connectivity index (χ0n) is 12.6. The molecule has 1 atom stereocenters. The van der Waals surface area contributed by atoms with Crippen molar-refractivity contribution in [3.8, 4) is 0 Å². The molecule has 1 unspecified atom stereocenters. The predicted molar refractivity (Wildman–Crippen MR) is 102 cm³/mol. The number of rotatable bonds is 7. The summed E-state index contributed by atoms with van der Waals surface area (Å²) in [6.45, 7) is 3.27. The average Bonchev–Trinajstić information content (AvgIpc) is 2.53. The number of benzene rings is 2. The van der Waals surface area contributed by atoms with E-state index in [0.29, 0.717) is 6.04 Å². The Kier molecular flexibility index (Phi) is 7.07. The molecule has 112 valence electrons. The Balaban J connectivity index is 2.14. The average molecular weight is 411 g/mol. The van der Waals surface area contributed by atoms with Crippen molar-refractivity contribution in [1.29, 1.82) is 0 Å². The zero-order valence-corrected chi connectivity index (χ0v) is 15.6. The fraction of sp³-hybridized carbons (Fsp3) is 0.333. The van der Waals surface area contributed by atoms with Crippen LogP contribution >= 0.6 is 34.4 Å². The summed E-state index contributed by atoms with van der Waals surface area (Å²) in [4.78, 5) is 1.32. The van der Waals surface area contributed by atoms with Crippen molar-refractivity contribution in [2.45, 2.75) is 30.7 Å². The molecule has 0 amide bonds. The molecular weight excluding hydrogens is 389 g/mol. The minimum Gasteiger partial charge on any atom is -0.310 e. The van der Waals surface area contributed by atoms with E-state index in [9.17, 15) is 0 Å². The molecule has 21 heavy (non-hydrogen) atoms. The largest absolute Gasteiger partial charge is 0.310 e. The van der Waals surface area contributed by atoms with Gasteiger partial charge in [0.1, 0.15) is 0 Å². The van der Waals surface area contributed by atoms with Gasteiger partial charge in [-0.15, -0.1) is 11.8 Å². The molecule has 0 aliphatic carbocycles. The summed E-state index contributed by atoms with van der Waals surface area (Å²) >= 11 is 4.15. The topological polar surface area (TPSA) is 12.0 Å². The number of halogens is 1. The summed E-state index contributed by atoms with van der Waals surface area (Å²) in [5, 5.41) is 3.68. The van der Waals surface area contributed by atoms with E-state index in [1.807, 2.05) is 0 Å². The summed E-state index contributed by atoms with van der Waals surface area (Å²) in [5.74, 6) is 0. The molecule has 0 bridgehead atoms. The van der Waals surface area contributed by atoms with Gasteiger partial charge in [0.05, 0.1) is 0 Å². The molecule has 2 aromatic carbocycles. The Morgan fingerprint density at radius 2 is 1.71 bits per heavy atom. The van der Waals surface area contributed by atoms with Crippen molar-refractivity contribution in [3.05, 3.63) is 63.2 Å². The Labute approximate surface area is 146 Å². The molecule has 2 aromatic rings. The molecule has 0 fully saturated rings. The third kappa shape index (κ3) is 5.31. The number of nitrogens with one attached hydrogen (secondary N) is 1. The highest BCUT2D eigenvalue weighted by atomic mass is 127. The first-order valence-corrected chi connectivity index (χ1v) is 9.65. The number of hydrogen-bond donors (Lipinski definition) is 1. The monoisotopic (exact) mass is 411 g/mol. The van der Waals surface area contributed by atoms with Crippen LogP contribution in [0.3, 0.4) is 0 Å². The van der Waals surface area contributed by atoms with Crippen molar-refractivity contribution in [1.82, 2.24) is 5.32 Å². The van der Waals surface area contributed by atoms with Crippen molar-refractivity contribution in [2.24, 2.45) is 0 Å². The molecule has 0 aromatic heterocycles. The summed E-state index contributed by atoms with van der Waals surface area (Å²) in [5.41, 5.74) is 2.76. The Hall–Kier alpha value is -0.520. The van der Waals surface area contributed by atoms with Crippen molar-refractivity contribution in [2.75, 3.05) is 12.8 Å². The summed E-state index contributed by atoms with van der Waals surface area (Å²) < 4.78 is 1.29. The predicted octanol–water partition coefficient (Wildman–Crippen LogP) is 5.30. The van der Waals surface area contributed by atoms with Gasteiger partial charge in [0.2, 0.25) is 0 Å². The maximum absolute atomic E-state index is 3.68. The summed E-state index contributed by atoms with van der Waals surface area (Å²) in [6, 6.07) is 18.2. The summed E-state index contributed by atoms with van der Waals surface area (Å²) in [6.07, 6.45) is 4.31. The van der Waals surface area contributed by atoms with E-state index < -0.39 is 0 Å². The lowest BCUT2D eigenvalue weighted by atomic mass is 9.99. The molecule has 1 nitrogen and oxygen atoms in total. The van der Waals surface area contributed by atoms with E-state index in [4.69, 9.17) is 0 Å². The van der Waals surface area contributed by atoms with Crippen molar-refractivity contribution in [3.63, 3.8) is 0 Å². The molecule has 2 rings (SSSR count). The molecule has 0 saturated carbocycles. The van der Waals surface area contributed by atoms with Crippen LogP contribution in [0.15, 0.2) is 53.4 Å². The highest BCUT2D eigenvalue weighted by Crippen LogP contribution is 2.22. The molecule has 0 radical (unpaired) electrons. The fourth-order valence-corrected chi connectivity index (χ4v) is 3.09. The minimum atomic E-state index is 0.390. The van der Waals surface area contributed by atoms with Crippen LogP contribution < -0.4 is 5.32 Å². The van der Waals surface area contributed by atoms with Crippen LogP contribution in [0.5, 0.6) is 0 Å². The van der Waals surface area contributed by atoms with Gasteiger partial charge < -0.3 is 5.32 Å². The van der Waals surface area contributed by atoms with Gasteiger partial charge in [0, 0.05) is 14.5 Å². The highest BCUT2D eigenvalue weighted by Gasteiger charge is 2.11. The first kappa shape index (κ1) is 16.8. The second-order valence-electron chi connectivity index (χ2n) is 5.11. The van der Waals surface area contributed by atoms with Gasteiger partial charge in [-0.2, -0.15) is 0 Å². The normalized spacial score (nSPS) is 12.3. The van der Waals surface area contributed by atoms with E-state index in [1.54, 1.807) is 11.8 Å². The Bertz CT molecular complexity index is 536. The first-order valence-electron chi connectivity index (χ1n) is 7.34. The van der Waals surface area contributed by atoms with Crippen LogP contribution in [0.2, 0.25) is 0 Å². The maximum atomic E-state index is 3.68. The molecule has 0 saturated heterocycles. The molecule has 0 spiro atoms. The van der Waals surface area contributed by atoms with Gasteiger partial charge in [-0.1, -0.05) is 31.2 Å². The lowest BCUT2D eigenvalue weighted by molar-refractivity contribution is 0.529. The second kappa shape index (κ2) is 8.81. The van der Waals surface area contributed by atoms with Crippen LogP contribution in [0.25, 0.3) is 0 Å². The van der Waals surface area contributed by atoms with Crippen molar-refractivity contribution >= 4 is 34.4 Å². The third-order valence-corrected chi connectivity index (χ3v) is 4.97. The number of hydrogen-bond acceptors (Lipinski definition) is 2. The van der Waals surface area contributed by atoms with Gasteiger partial charge in [-0.05, 0) is 83.6 Å². The quantitative estimate of drug-likeness (QED) is 0.491. The van der Waals surface area contributed by atoms with E-state index in [1.165, 1.54) is 19.6 Å². The molecule has 0 heterocycles. The van der Waals surface area contributed by atoms with Crippen LogP contribution in [0.1, 0.15) is 30.5 Å².